The van der Waals surface area contributed by atoms with E-state index in [-0.39, 0.29) is 12.5 Å². The van der Waals surface area contributed by atoms with Crippen LogP contribution >= 0.6 is 0 Å². The van der Waals surface area contributed by atoms with Crippen LogP contribution in [-0.4, -0.2) is 29.9 Å². The molecule has 1 amide bonds. The second kappa shape index (κ2) is 9.22. The van der Waals surface area contributed by atoms with Gasteiger partial charge in [-0.2, -0.15) is 0 Å². The van der Waals surface area contributed by atoms with Gasteiger partial charge in [0, 0.05) is 16.8 Å². The summed E-state index contributed by atoms with van der Waals surface area (Å²) in [5.41, 5.74) is 2.69. The van der Waals surface area contributed by atoms with E-state index in [9.17, 15) is 9.59 Å². The largest absolute Gasteiger partial charge is 0.493 e. The number of rotatable bonds is 7. The van der Waals surface area contributed by atoms with E-state index in [1.165, 1.54) is 11.7 Å². The number of carbonyl (C=O) groups excluding carboxylic acids is 1. The predicted octanol–water partition coefficient (Wildman–Crippen LogP) is 3.82. The molecule has 8 heteroatoms. The Balaban J connectivity index is 1.55. The zero-order valence-corrected chi connectivity index (χ0v) is 17.6. The summed E-state index contributed by atoms with van der Waals surface area (Å²) in [6.07, 6.45) is 0. The highest BCUT2D eigenvalue weighted by Crippen LogP contribution is 2.31. The highest BCUT2D eigenvalue weighted by Gasteiger charge is 2.16. The zero-order chi connectivity index (χ0) is 22.5. The number of anilines is 1. The molecule has 0 spiro atoms. The van der Waals surface area contributed by atoms with Crippen LogP contribution in [0, 0.1) is 0 Å². The third kappa shape index (κ3) is 4.39. The minimum absolute atomic E-state index is 0.212. The van der Waals surface area contributed by atoms with Crippen molar-refractivity contribution in [3.63, 3.8) is 0 Å². The number of carbonyl (C=O) groups is 1. The minimum Gasteiger partial charge on any atom is -0.493 e. The van der Waals surface area contributed by atoms with Crippen LogP contribution in [0.3, 0.4) is 0 Å². The van der Waals surface area contributed by atoms with Crippen molar-refractivity contribution in [3.8, 4) is 22.9 Å². The molecule has 0 fully saturated rings. The van der Waals surface area contributed by atoms with Crippen molar-refractivity contribution < 1.29 is 18.8 Å². The molecule has 0 aliphatic rings. The molecule has 4 rings (SSSR count). The average molecular weight is 431 g/mol. The lowest BCUT2D eigenvalue weighted by molar-refractivity contribution is 0.102. The first-order valence-corrected chi connectivity index (χ1v) is 9.83. The lowest BCUT2D eigenvalue weighted by atomic mass is 10.1. The topological polar surface area (TPSA) is 95.6 Å². The number of amides is 1. The number of aromatic nitrogens is 2. The summed E-state index contributed by atoms with van der Waals surface area (Å²) in [6, 6.07) is 21.5. The van der Waals surface area contributed by atoms with E-state index in [1.807, 2.05) is 30.3 Å². The second-order valence-corrected chi connectivity index (χ2v) is 6.95. The van der Waals surface area contributed by atoms with Gasteiger partial charge in [0.15, 0.2) is 17.3 Å². The Morgan fingerprint density at radius 3 is 2.38 bits per heavy atom. The van der Waals surface area contributed by atoms with Gasteiger partial charge in [-0.05, 0) is 48.0 Å². The fraction of sp³-hybridized carbons (Fsp3) is 0.125. The molecule has 0 atom stereocenters. The molecule has 0 aliphatic heterocycles. The number of hydrogen-bond acceptors (Lipinski definition) is 6. The van der Waals surface area contributed by atoms with Gasteiger partial charge in [-0.15, -0.1) is 0 Å². The van der Waals surface area contributed by atoms with E-state index in [0.717, 1.165) is 11.3 Å². The van der Waals surface area contributed by atoms with E-state index < -0.39 is 5.76 Å². The van der Waals surface area contributed by atoms with Crippen LogP contribution in [0.4, 0.5) is 5.69 Å². The van der Waals surface area contributed by atoms with Crippen LogP contribution < -0.4 is 20.5 Å². The first kappa shape index (κ1) is 20.9. The summed E-state index contributed by atoms with van der Waals surface area (Å²) in [5.74, 6) is 0.650. The van der Waals surface area contributed by atoms with E-state index >= 15 is 0 Å². The van der Waals surface area contributed by atoms with Gasteiger partial charge >= 0.3 is 5.76 Å². The summed E-state index contributed by atoms with van der Waals surface area (Å²) in [7, 11) is 3.08. The quantitative estimate of drug-likeness (QED) is 0.478. The SMILES string of the molecule is COc1ccc(-c2noc(=O)n2Cc2ccc(C(=O)Nc3ccccc3)cc2)cc1OC. The van der Waals surface area contributed by atoms with Gasteiger partial charge in [0.1, 0.15) is 0 Å². The molecule has 0 saturated carbocycles. The Hall–Kier alpha value is -4.33. The fourth-order valence-corrected chi connectivity index (χ4v) is 3.26. The summed E-state index contributed by atoms with van der Waals surface area (Å²) in [6.45, 7) is 0.229. The average Bonchev–Trinajstić information content (AvgIpc) is 3.19. The Bertz CT molecular complexity index is 1280. The van der Waals surface area contributed by atoms with Gasteiger partial charge in [0.2, 0.25) is 0 Å². The van der Waals surface area contributed by atoms with Crippen LogP contribution in [0.1, 0.15) is 15.9 Å². The molecule has 1 heterocycles. The number of nitrogens with zero attached hydrogens (tertiary/aromatic N) is 2. The summed E-state index contributed by atoms with van der Waals surface area (Å²) >= 11 is 0. The molecule has 8 nitrogen and oxygen atoms in total. The van der Waals surface area contributed by atoms with E-state index in [1.54, 1.807) is 49.6 Å². The summed E-state index contributed by atoms with van der Waals surface area (Å²) in [4.78, 5) is 24.7. The molecule has 0 bridgehead atoms. The lowest BCUT2D eigenvalue weighted by Crippen LogP contribution is -2.16. The minimum atomic E-state index is -0.583. The van der Waals surface area contributed by atoms with E-state index in [0.29, 0.717) is 28.5 Å². The first-order chi connectivity index (χ1) is 15.6. The Morgan fingerprint density at radius 1 is 0.969 bits per heavy atom. The lowest BCUT2D eigenvalue weighted by Gasteiger charge is -2.10. The van der Waals surface area contributed by atoms with Crippen molar-refractivity contribution >= 4 is 11.6 Å². The highest BCUT2D eigenvalue weighted by atomic mass is 16.5. The Labute approximate surface area is 184 Å². The van der Waals surface area contributed by atoms with Gasteiger partial charge in [0.05, 0.1) is 20.8 Å². The Morgan fingerprint density at radius 2 is 1.69 bits per heavy atom. The fourth-order valence-electron chi connectivity index (χ4n) is 3.26. The van der Waals surface area contributed by atoms with E-state index in [4.69, 9.17) is 14.0 Å². The first-order valence-electron chi connectivity index (χ1n) is 9.83. The molecule has 0 unspecified atom stereocenters. The predicted molar refractivity (Wildman–Crippen MR) is 119 cm³/mol. The van der Waals surface area contributed by atoms with Crippen LogP contribution in [0.15, 0.2) is 82.1 Å². The Kier molecular flexibility index (Phi) is 6.03. The number of nitrogens with one attached hydrogen (secondary N) is 1. The molecule has 162 valence electrons. The second-order valence-electron chi connectivity index (χ2n) is 6.95. The van der Waals surface area contributed by atoms with Gasteiger partial charge in [-0.25, -0.2) is 4.79 Å². The van der Waals surface area contributed by atoms with Crippen LogP contribution in [0.2, 0.25) is 0 Å². The van der Waals surface area contributed by atoms with Crippen molar-refractivity contribution in [1.29, 1.82) is 0 Å². The van der Waals surface area contributed by atoms with Crippen molar-refractivity contribution in [3.05, 3.63) is 94.5 Å². The molecule has 1 N–H and O–H groups in total. The molecule has 0 aliphatic carbocycles. The summed E-state index contributed by atoms with van der Waals surface area (Å²) < 4.78 is 16.9. The third-order valence-corrected chi connectivity index (χ3v) is 4.92. The van der Waals surface area contributed by atoms with Crippen molar-refractivity contribution in [2.24, 2.45) is 0 Å². The third-order valence-electron chi connectivity index (χ3n) is 4.92. The smallest absolute Gasteiger partial charge is 0.442 e. The number of benzene rings is 3. The monoisotopic (exact) mass is 431 g/mol. The molecule has 32 heavy (non-hydrogen) atoms. The number of para-hydroxylation sites is 1. The molecule has 3 aromatic carbocycles. The maximum atomic E-state index is 12.4. The maximum absolute atomic E-state index is 12.4. The van der Waals surface area contributed by atoms with Gasteiger partial charge in [-0.1, -0.05) is 35.5 Å². The van der Waals surface area contributed by atoms with Crippen LogP contribution in [-0.2, 0) is 6.54 Å². The number of hydrogen-bond donors (Lipinski definition) is 1. The molecular weight excluding hydrogens is 410 g/mol. The molecular formula is C24H21N3O5. The number of ether oxygens (including phenoxy) is 2. The normalized spacial score (nSPS) is 10.6. The van der Waals surface area contributed by atoms with Crippen molar-refractivity contribution in [2.75, 3.05) is 19.5 Å². The molecule has 0 radical (unpaired) electrons. The van der Waals surface area contributed by atoms with Crippen LogP contribution in [0.5, 0.6) is 11.5 Å². The summed E-state index contributed by atoms with van der Waals surface area (Å²) in [5, 5.41) is 6.76. The standard InChI is InChI=1S/C24H21N3O5/c1-30-20-13-12-18(14-21(20)31-2)22-26-32-24(29)27(22)15-16-8-10-17(11-9-16)23(28)25-19-6-4-3-5-7-19/h3-14H,15H2,1-2H3,(H,25,28). The van der Waals surface area contributed by atoms with Crippen LogP contribution in [0.25, 0.3) is 11.4 Å². The highest BCUT2D eigenvalue weighted by molar-refractivity contribution is 6.04. The van der Waals surface area contributed by atoms with Gasteiger partial charge in [-0.3, -0.25) is 13.9 Å². The molecule has 1 aromatic heterocycles. The number of methoxy groups -OCH3 is 2. The van der Waals surface area contributed by atoms with Crippen molar-refractivity contribution in [1.82, 2.24) is 9.72 Å². The van der Waals surface area contributed by atoms with Gasteiger partial charge in [0.25, 0.3) is 5.91 Å². The zero-order valence-electron chi connectivity index (χ0n) is 17.6. The van der Waals surface area contributed by atoms with Gasteiger partial charge < -0.3 is 14.8 Å². The van der Waals surface area contributed by atoms with Crippen molar-refractivity contribution in [2.45, 2.75) is 6.54 Å². The molecule has 4 aromatic rings. The molecule has 0 saturated heterocycles. The maximum Gasteiger partial charge on any atom is 0.442 e. The van der Waals surface area contributed by atoms with E-state index in [2.05, 4.69) is 10.5 Å².